The van der Waals surface area contributed by atoms with Crippen LogP contribution >= 0.6 is 0 Å². The first-order chi connectivity index (χ1) is 18.0. The molecular weight excluding hydrogens is 460 g/mol. The third-order valence-corrected chi connectivity index (χ3v) is 6.41. The lowest BCUT2D eigenvalue weighted by Gasteiger charge is -2.13. The highest BCUT2D eigenvalue weighted by Gasteiger charge is 2.24. The second-order valence-electron chi connectivity index (χ2n) is 9.04. The summed E-state index contributed by atoms with van der Waals surface area (Å²) in [5.74, 6) is 1.22. The van der Waals surface area contributed by atoms with Gasteiger partial charge in [-0.05, 0) is 55.7 Å². The minimum Gasteiger partial charge on any atom is -0.456 e. The fraction of sp³-hybridized carbons (Fsp3) is 0.273. The van der Waals surface area contributed by atoms with Crippen LogP contribution in [-0.4, -0.2) is 11.6 Å². The molecule has 0 saturated carbocycles. The number of hydrogen-bond acceptors (Lipinski definition) is 4. The Kier molecular flexibility index (Phi) is 8.08. The van der Waals surface area contributed by atoms with Gasteiger partial charge in [0.2, 0.25) is 0 Å². The van der Waals surface area contributed by atoms with Crippen LogP contribution in [0.4, 0.5) is 0 Å². The van der Waals surface area contributed by atoms with Gasteiger partial charge < -0.3 is 8.83 Å². The van der Waals surface area contributed by atoms with E-state index in [9.17, 15) is 9.59 Å². The third kappa shape index (κ3) is 5.15. The van der Waals surface area contributed by atoms with E-state index in [4.69, 9.17) is 8.83 Å². The van der Waals surface area contributed by atoms with Crippen molar-refractivity contribution in [2.45, 2.75) is 60.3 Å². The SMILES string of the molecule is CC.CCCC(=O)c1cc(-c2cc3cccc(C)c3o2)c(C(=O)CCC)cc1-c1cc2ccccc2o1. The molecule has 2 aromatic heterocycles. The van der Waals surface area contributed by atoms with E-state index < -0.39 is 0 Å². The number of carbonyl (C=O) groups is 2. The lowest BCUT2D eigenvalue weighted by molar-refractivity contribution is 0.0971. The molecule has 0 radical (unpaired) electrons. The highest BCUT2D eigenvalue weighted by molar-refractivity contribution is 6.09. The van der Waals surface area contributed by atoms with Crippen molar-refractivity contribution in [2.75, 3.05) is 0 Å². The monoisotopic (exact) mass is 494 g/mol. The first-order valence-corrected chi connectivity index (χ1v) is 13.2. The van der Waals surface area contributed by atoms with E-state index in [1.807, 2.05) is 101 Å². The number of para-hydroxylation sites is 2. The minimum atomic E-state index is 0.0194. The fourth-order valence-electron chi connectivity index (χ4n) is 4.65. The Labute approximate surface area is 218 Å². The van der Waals surface area contributed by atoms with Gasteiger partial charge in [-0.3, -0.25) is 9.59 Å². The third-order valence-electron chi connectivity index (χ3n) is 6.41. The summed E-state index contributed by atoms with van der Waals surface area (Å²) in [7, 11) is 0. The lowest BCUT2D eigenvalue weighted by atomic mass is 9.89. The molecule has 4 heteroatoms. The standard InChI is InChI=1S/C31H28O4.C2H6/c1-4-9-26(32)22-18-25(30-16-21-13-8-11-19(3)31(21)35-30)23(27(33)10-5-2)17-24(22)29-15-20-12-6-7-14-28(20)34-29;1-2/h6-8,11-18H,4-5,9-10H2,1-3H3;1-2H3. The number of benzene rings is 3. The first kappa shape index (κ1) is 26.2. The van der Waals surface area contributed by atoms with E-state index in [2.05, 4.69) is 0 Å². The van der Waals surface area contributed by atoms with Gasteiger partial charge in [0.05, 0.1) is 0 Å². The number of ketones is 2. The summed E-state index contributed by atoms with van der Waals surface area (Å²) in [6.07, 6.45) is 2.28. The maximum atomic E-state index is 13.3. The molecule has 3 aromatic carbocycles. The molecule has 190 valence electrons. The summed E-state index contributed by atoms with van der Waals surface area (Å²) >= 11 is 0. The topological polar surface area (TPSA) is 60.4 Å². The molecule has 0 fully saturated rings. The number of aryl methyl sites for hydroxylation is 1. The molecule has 0 N–H and O–H groups in total. The van der Waals surface area contributed by atoms with E-state index in [1.54, 1.807) is 0 Å². The van der Waals surface area contributed by atoms with Crippen molar-refractivity contribution in [3.8, 4) is 22.6 Å². The van der Waals surface area contributed by atoms with E-state index in [1.165, 1.54) is 0 Å². The number of Topliss-reactive ketones (excluding diaryl/α,β-unsaturated/α-hetero) is 2. The maximum Gasteiger partial charge on any atom is 0.163 e. The van der Waals surface area contributed by atoms with Crippen LogP contribution in [0.2, 0.25) is 0 Å². The largest absolute Gasteiger partial charge is 0.456 e. The van der Waals surface area contributed by atoms with E-state index in [-0.39, 0.29) is 11.6 Å². The van der Waals surface area contributed by atoms with Gasteiger partial charge >= 0.3 is 0 Å². The van der Waals surface area contributed by atoms with Crippen molar-refractivity contribution >= 4 is 33.5 Å². The molecule has 5 rings (SSSR count). The van der Waals surface area contributed by atoms with E-state index in [0.29, 0.717) is 46.6 Å². The van der Waals surface area contributed by atoms with Crippen molar-refractivity contribution in [3.05, 3.63) is 83.4 Å². The van der Waals surface area contributed by atoms with Crippen LogP contribution in [0.1, 0.15) is 79.7 Å². The Morgan fingerprint density at radius 1 is 0.676 bits per heavy atom. The zero-order chi connectivity index (χ0) is 26.5. The van der Waals surface area contributed by atoms with Crippen molar-refractivity contribution in [1.82, 2.24) is 0 Å². The smallest absolute Gasteiger partial charge is 0.163 e. The average molecular weight is 495 g/mol. The van der Waals surface area contributed by atoms with Crippen LogP contribution in [0.5, 0.6) is 0 Å². The van der Waals surface area contributed by atoms with Gasteiger partial charge in [-0.25, -0.2) is 0 Å². The van der Waals surface area contributed by atoms with Crippen molar-refractivity contribution < 1.29 is 18.4 Å². The molecule has 0 aliphatic rings. The molecule has 0 bridgehead atoms. The van der Waals surface area contributed by atoms with Gasteiger partial charge in [-0.1, -0.05) is 64.1 Å². The van der Waals surface area contributed by atoms with Crippen molar-refractivity contribution in [2.24, 2.45) is 0 Å². The molecular formula is C33H34O4. The van der Waals surface area contributed by atoms with Crippen molar-refractivity contribution in [1.29, 1.82) is 0 Å². The molecule has 0 amide bonds. The van der Waals surface area contributed by atoms with Crippen LogP contribution in [0.25, 0.3) is 44.6 Å². The number of furan rings is 2. The second-order valence-corrected chi connectivity index (χ2v) is 9.04. The van der Waals surface area contributed by atoms with Crippen molar-refractivity contribution in [3.63, 3.8) is 0 Å². The molecule has 0 atom stereocenters. The number of hydrogen-bond donors (Lipinski definition) is 0. The molecule has 37 heavy (non-hydrogen) atoms. The van der Waals surface area contributed by atoms with E-state index >= 15 is 0 Å². The van der Waals surface area contributed by atoms with Gasteiger partial charge in [0.15, 0.2) is 11.6 Å². The van der Waals surface area contributed by atoms with Gasteiger partial charge in [0, 0.05) is 45.9 Å². The summed E-state index contributed by atoms with van der Waals surface area (Å²) in [5.41, 5.74) is 4.96. The molecule has 4 nitrogen and oxygen atoms in total. The Morgan fingerprint density at radius 3 is 1.78 bits per heavy atom. The molecule has 0 unspecified atom stereocenters. The number of fused-ring (bicyclic) bond motifs is 2. The molecule has 0 spiro atoms. The Bertz CT molecular complexity index is 1530. The molecule has 0 aliphatic carbocycles. The van der Waals surface area contributed by atoms with Crippen LogP contribution in [0, 0.1) is 6.92 Å². The summed E-state index contributed by atoms with van der Waals surface area (Å²) in [6.45, 7) is 9.97. The summed E-state index contributed by atoms with van der Waals surface area (Å²) in [6, 6.07) is 21.3. The predicted molar refractivity (Wildman–Crippen MR) is 151 cm³/mol. The second kappa shape index (κ2) is 11.4. The van der Waals surface area contributed by atoms with Gasteiger partial charge in [-0.2, -0.15) is 0 Å². The van der Waals surface area contributed by atoms with Gasteiger partial charge in [-0.15, -0.1) is 0 Å². The van der Waals surface area contributed by atoms with Gasteiger partial charge in [0.25, 0.3) is 0 Å². The average Bonchev–Trinajstić information content (AvgIpc) is 3.55. The molecule has 5 aromatic rings. The fourth-order valence-corrected chi connectivity index (χ4v) is 4.65. The maximum absolute atomic E-state index is 13.3. The number of rotatable bonds is 8. The quantitative estimate of drug-likeness (QED) is 0.201. The zero-order valence-electron chi connectivity index (χ0n) is 22.3. The molecule has 0 aliphatic heterocycles. The first-order valence-electron chi connectivity index (χ1n) is 13.2. The minimum absolute atomic E-state index is 0.0194. The van der Waals surface area contributed by atoms with Crippen LogP contribution < -0.4 is 0 Å². The predicted octanol–water partition coefficient (Wildman–Crippen LogP) is 9.81. The summed E-state index contributed by atoms with van der Waals surface area (Å²) < 4.78 is 12.4. The van der Waals surface area contributed by atoms with E-state index in [0.717, 1.165) is 40.3 Å². The molecule has 0 saturated heterocycles. The summed E-state index contributed by atoms with van der Waals surface area (Å²) in [5, 5.41) is 1.92. The zero-order valence-corrected chi connectivity index (χ0v) is 22.3. The number of carbonyl (C=O) groups excluding carboxylic acids is 2. The Morgan fingerprint density at radius 2 is 1.22 bits per heavy atom. The highest BCUT2D eigenvalue weighted by Crippen LogP contribution is 2.38. The Balaban J connectivity index is 0.00000156. The van der Waals surface area contributed by atoms with Crippen LogP contribution in [0.3, 0.4) is 0 Å². The normalized spacial score (nSPS) is 10.9. The Hall–Kier alpha value is -3.92. The van der Waals surface area contributed by atoms with Gasteiger partial charge in [0.1, 0.15) is 22.7 Å². The molecule has 2 heterocycles. The summed E-state index contributed by atoms with van der Waals surface area (Å²) in [4.78, 5) is 26.6. The van der Waals surface area contributed by atoms with Crippen LogP contribution in [0.15, 0.2) is 75.6 Å². The van der Waals surface area contributed by atoms with Crippen LogP contribution in [-0.2, 0) is 0 Å². The highest BCUT2D eigenvalue weighted by atomic mass is 16.3. The lowest BCUT2D eigenvalue weighted by Crippen LogP contribution is -2.07.